The van der Waals surface area contributed by atoms with E-state index in [1.54, 1.807) is 0 Å². The number of hydrogen-bond acceptors (Lipinski definition) is 5. The second-order valence-corrected chi connectivity index (χ2v) is 3.14. The van der Waals surface area contributed by atoms with E-state index in [1.165, 1.54) is 0 Å². The lowest BCUT2D eigenvalue weighted by atomic mass is 10.1. The number of carboxylic acids is 1. The van der Waals surface area contributed by atoms with Crippen molar-refractivity contribution in [1.29, 1.82) is 0 Å². The highest BCUT2D eigenvalue weighted by atomic mass is 16.6. The number of rotatable bonds is 4. The van der Waals surface area contributed by atoms with Crippen molar-refractivity contribution in [3.8, 4) is 0 Å². The van der Waals surface area contributed by atoms with Gasteiger partial charge < -0.3 is 14.9 Å². The Bertz CT molecular complexity index is 354. The molecule has 0 aromatic carbocycles. The number of esters is 1. The summed E-state index contributed by atoms with van der Waals surface area (Å²) in [6, 6.07) is 0. The fourth-order valence-electron chi connectivity index (χ4n) is 1.28. The Morgan fingerprint density at radius 2 is 2.07 bits per heavy atom. The molecule has 6 nitrogen and oxygen atoms in total. The number of carboxylic acid groups (broad SMARTS) is 1. The minimum Gasteiger partial charge on any atom is -0.507 e. The maximum absolute atomic E-state index is 11.1. The van der Waals surface area contributed by atoms with E-state index in [0.717, 1.165) is 6.92 Å². The van der Waals surface area contributed by atoms with Gasteiger partial charge in [0.2, 0.25) is 0 Å². The van der Waals surface area contributed by atoms with Gasteiger partial charge in [0.05, 0.1) is 0 Å². The Hall–Kier alpha value is -1.85. The molecule has 0 spiro atoms. The standard InChI is InChI=1S/C9H10O6/c1-4(10)7-8(13)5(15-9(7)14)2-3-6(11)12/h5,13H,2-3H2,1H3,(H,11,12). The van der Waals surface area contributed by atoms with Gasteiger partial charge in [-0.25, -0.2) is 4.79 Å². The molecule has 1 aliphatic heterocycles. The summed E-state index contributed by atoms with van der Waals surface area (Å²) in [5.41, 5.74) is -0.384. The third kappa shape index (κ3) is 2.34. The summed E-state index contributed by atoms with van der Waals surface area (Å²) in [6.07, 6.45) is -1.29. The zero-order valence-corrected chi connectivity index (χ0v) is 8.02. The number of hydrogen-bond donors (Lipinski definition) is 2. The summed E-state index contributed by atoms with van der Waals surface area (Å²) in [5, 5.41) is 17.8. The van der Waals surface area contributed by atoms with Crippen molar-refractivity contribution in [2.75, 3.05) is 0 Å². The van der Waals surface area contributed by atoms with Crippen molar-refractivity contribution in [1.82, 2.24) is 0 Å². The van der Waals surface area contributed by atoms with Crippen LogP contribution in [-0.2, 0) is 19.1 Å². The van der Waals surface area contributed by atoms with Gasteiger partial charge in [0, 0.05) is 12.8 Å². The van der Waals surface area contributed by atoms with Crippen molar-refractivity contribution in [3.05, 3.63) is 11.3 Å². The number of aliphatic hydroxyl groups excluding tert-OH is 1. The van der Waals surface area contributed by atoms with E-state index in [4.69, 9.17) is 5.11 Å². The van der Waals surface area contributed by atoms with Gasteiger partial charge in [0.15, 0.2) is 17.6 Å². The van der Waals surface area contributed by atoms with E-state index in [9.17, 15) is 19.5 Å². The normalized spacial score (nSPS) is 20.3. The highest BCUT2D eigenvalue weighted by Crippen LogP contribution is 2.24. The minimum absolute atomic E-state index is 0.0380. The van der Waals surface area contributed by atoms with E-state index < -0.39 is 29.6 Å². The summed E-state index contributed by atoms with van der Waals surface area (Å²) in [4.78, 5) is 32.2. The molecule has 0 radical (unpaired) electrons. The predicted molar refractivity (Wildman–Crippen MR) is 47.1 cm³/mol. The SMILES string of the molecule is CC(=O)C1=C(O)C(CCC(=O)O)OC1=O. The Morgan fingerprint density at radius 3 is 2.47 bits per heavy atom. The maximum atomic E-state index is 11.1. The third-order valence-electron chi connectivity index (χ3n) is 1.99. The van der Waals surface area contributed by atoms with Crippen LogP contribution in [0.3, 0.4) is 0 Å². The summed E-state index contributed by atoms with van der Waals surface area (Å²) in [7, 11) is 0. The van der Waals surface area contributed by atoms with Crippen molar-refractivity contribution < 1.29 is 29.3 Å². The van der Waals surface area contributed by atoms with Gasteiger partial charge in [0.25, 0.3) is 0 Å². The van der Waals surface area contributed by atoms with Crippen molar-refractivity contribution in [2.45, 2.75) is 25.9 Å². The number of carbonyl (C=O) groups is 3. The molecular weight excluding hydrogens is 204 g/mol. The number of ketones is 1. The molecule has 1 rings (SSSR count). The van der Waals surface area contributed by atoms with Gasteiger partial charge >= 0.3 is 11.9 Å². The van der Waals surface area contributed by atoms with Crippen molar-refractivity contribution in [2.24, 2.45) is 0 Å². The van der Waals surface area contributed by atoms with E-state index in [2.05, 4.69) is 4.74 Å². The molecule has 0 bridgehead atoms. The Morgan fingerprint density at radius 1 is 1.47 bits per heavy atom. The van der Waals surface area contributed by atoms with Crippen molar-refractivity contribution >= 4 is 17.7 Å². The largest absolute Gasteiger partial charge is 0.507 e. The third-order valence-corrected chi connectivity index (χ3v) is 1.99. The average molecular weight is 214 g/mol. The highest BCUT2D eigenvalue weighted by Gasteiger charge is 2.36. The first-order valence-corrected chi connectivity index (χ1v) is 4.30. The molecule has 15 heavy (non-hydrogen) atoms. The second-order valence-electron chi connectivity index (χ2n) is 3.14. The number of ether oxygens (including phenoxy) is 1. The van der Waals surface area contributed by atoms with E-state index in [1.807, 2.05) is 0 Å². The molecule has 1 atom stereocenters. The zero-order chi connectivity index (χ0) is 11.6. The van der Waals surface area contributed by atoms with Crippen LogP contribution in [0.5, 0.6) is 0 Å². The molecule has 0 saturated carbocycles. The lowest BCUT2D eigenvalue weighted by molar-refractivity contribution is -0.144. The topological polar surface area (TPSA) is 101 Å². The van der Waals surface area contributed by atoms with Gasteiger partial charge in [-0.05, 0) is 6.92 Å². The van der Waals surface area contributed by atoms with Gasteiger partial charge in [-0.1, -0.05) is 0 Å². The number of carbonyl (C=O) groups excluding carboxylic acids is 2. The number of cyclic esters (lactones) is 1. The molecule has 0 aliphatic carbocycles. The molecule has 0 saturated heterocycles. The first kappa shape index (κ1) is 11.2. The average Bonchev–Trinajstić information content (AvgIpc) is 2.37. The smallest absolute Gasteiger partial charge is 0.346 e. The van der Waals surface area contributed by atoms with E-state index >= 15 is 0 Å². The Kier molecular flexibility index (Phi) is 3.08. The van der Waals surface area contributed by atoms with Gasteiger partial charge in [-0.15, -0.1) is 0 Å². The molecule has 0 aromatic rings. The van der Waals surface area contributed by atoms with Crippen LogP contribution in [0, 0.1) is 0 Å². The van der Waals surface area contributed by atoms with Crippen LogP contribution in [0.4, 0.5) is 0 Å². The summed E-state index contributed by atoms with van der Waals surface area (Å²) in [5.74, 6) is -3.01. The summed E-state index contributed by atoms with van der Waals surface area (Å²) < 4.78 is 4.65. The first-order valence-electron chi connectivity index (χ1n) is 4.30. The van der Waals surface area contributed by atoms with Gasteiger partial charge in [0.1, 0.15) is 5.57 Å². The number of aliphatic hydroxyl groups is 1. The molecule has 82 valence electrons. The molecule has 0 amide bonds. The Balaban J connectivity index is 2.76. The van der Waals surface area contributed by atoms with Crippen LogP contribution in [0.2, 0.25) is 0 Å². The molecule has 0 fully saturated rings. The molecule has 2 N–H and O–H groups in total. The monoisotopic (exact) mass is 214 g/mol. The van der Waals surface area contributed by atoms with Crippen molar-refractivity contribution in [3.63, 3.8) is 0 Å². The minimum atomic E-state index is -1.06. The van der Waals surface area contributed by atoms with Crippen LogP contribution in [0.25, 0.3) is 0 Å². The quantitative estimate of drug-likeness (QED) is 0.511. The Labute approximate surface area is 85.1 Å². The maximum Gasteiger partial charge on any atom is 0.346 e. The molecular formula is C9H10O6. The lowest BCUT2D eigenvalue weighted by Gasteiger charge is -2.07. The van der Waals surface area contributed by atoms with E-state index in [-0.39, 0.29) is 18.4 Å². The van der Waals surface area contributed by atoms with Crippen LogP contribution in [0.15, 0.2) is 11.3 Å². The fraction of sp³-hybridized carbons (Fsp3) is 0.444. The number of aliphatic carboxylic acids is 1. The number of Topliss-reactive ketones (excluding diaryl/α,β-unsaturated/α-hetero) is 1. The molecule has 6 heteroatoms. The lowest BCUT2D eigenvalue weighted by Crippen LogP contribution is -2.13. The molecule has 1 aliphatic rings. The summed E-state index contributed by atoms with van der Waals surface area (Å²) in [6.45, 7) is 1.13. The van der Waals surface area contributed by atoms with Crippen LogP contribution < -0.4 is 0 Å². The first-order chi connectivity index (χ1) is 6.93. The summed E-state index contributed by atoms with van der Waals surface area (Å²) >= 11 is 0. The van der Waals surface area contributed by atoms with Gasteiger partial charge in [-0.2, -0.15) is 0 Å². The fourth-order valence-corrected chi connectivity index (χ4v) is 1.28. The van der Waals surface area contributed by atoms with Crippen LogP contribution >= 0.6 is 0 Å². The molecule has 1 heterocycles. The predicted octanol–water partition coefficient (Wildman–Crippen LogP) is 0.178. The highest BCUT2D eigenvalue weighted by molar-refractivity contribution is 6.18. The zero-order valence-electron chi connectivity index (χ0n) is 8.02. The molecule has 0 aromatic heterocycles. The van der Waals surface area contributed by atoms with Crippen LogP contribution in [0.1, 0.15) is 19.8 Å². The molecule has 1 unspecified atom stereocenters. The van der Waals surface area contributed by atoms with Gasteiger partial charge in [-0.3, -0.25) is 9.59 Å². The second kappa shape index (κ2) is 4.12. The van der Waals surface area contributed by atoms with E-state index in [0.29, 0.717) is 0 Å². The van der Waals surface area contributed by atoms with Crippen LogP contribution in [-0.4, -0.2) is 34.0 Å².